The highest BCUT2D eigenvalue weighted by molar-refractivity contribution is 7.16. The number of thiazole rings is 1. The maximum atomic E-state index is 13.3. The lowest BCUT2D eigenvalue weighted by Crippen LogP contribution is -2.52. The Morgan fingerprint density at radius 1 is 0.946 bits per heavy atom. The number of nitrogens with zero attached hydrogens (tertiary/aromatic N) is 3. The molecule has 4 aromatic rings. The van der Waals surface area contributed by atoms with E-state index in [0.29, 0.717) is 17.2 Å². The van der Waals surface area contributed by atoms with E-state index in [1.807, 2.05) is 69.3 Å². The Bertz CT molecular complexity index is 1400. The molecule has 2 N–H and O–H groups in total. The van der Waals surface area contributed by atoms with Gasteiger partial charge in [0.2, 0.25) is 0 Å². The summed E-state index contributed by atoms with van der Waals surface area (Å²) in [5.74, 6) is -0.710. The van der Waals surface area contributed by atoms with Gasteiger partial charge in [0.1, 0.15) is 11.2 Å². The van der Waals surface area contributed by atoms with Crippen molar-refractivity contribution in [2.75, 3.05) is 5.32 Å². The quantitative estimate of drug-likeness (QED) is 0.336. The zero-order valence-corrected chi connectivity index (χ0v) is 22.9. The predicted octanol–water partition coefficient (Wildman–Crippen LogP) is 5.58. The summed E-state index contributed by atoms with van der Waals surface area (Å²) in [6.45, 7) is 9.48. The van der Waals surface area contributed by atoms with Gasteiger partial charge in [-0.05, 0) is 25.5 Å². The largest absolute Gasteiger partial charge is 0.337 e. The number of aromatic nitrogens is 3. The number of carbonyl (C=O) groups is 2. The SMILES string of the molecule is Cn1nc(C(C)(C)C)cc1C(=O)NC(C)(C)C(=O)Nc1nc(-c2ccccc2)c(Cc2ccccc2)s1. The lowest BCUT2D eigenvalue weighted by Gasteiger charge is -2.24. The minimum absolute atomic E-state index is 0.193. The van der Waals surface area contributed by atoms with Crippen molar-refractivity contribution in [3.05, 3.63) is 88.6 Å². The van der Waals surface area contributed by atoms with Crippen molar-refractivity contribution < 1.29 is 9.59 Å². The first-order valence-corrected chi connectivity index (χ1v) is 13.0. The first-order chi connectivity index (χ1) is 17.4. The Hall–Kier alpha value is -3.78. The van der Waals surface area contributed by atoms with E-state index in [9.17, 15) is 9.59 Å². The minimum atomic E-state index is -1.18. The number of rotatable bonds is 7. The molecule has 0 bridgehead atoms. The van der Waals surface area contributed by atoms with E-state index < -0.39 is 5.54 Å². The minimum Gasteiger partial charge on any atom is -0.337 e. The third-order valence-electron chi connectivity index (χ3n) is 6.05. The van der Waals surface area contributed by atoms with Gasteiger partial charge in [-0.3, -0.25) is 19.6 Å². The van der Waals surface area contributed by atoms with Crippen molar-refractivity contribution in [1.29, 1.82) is 0 Å². The molecule has 37 heavy (non-hydrogen) atoms. The molecule has 0 unspecified atom stereocenters. The van der Waals surface area contributed by atoms with E-state index in [1.165, 1.54) is 16.9 Å². The van der Waals surface area contributed by atoms with Gasteiger partial charge in [-0.15, -0.1) is 11.3 Å². The number of hydrogen-bond acceptors (Lipinski definition) is 5. The predicted molar refractivity (Wildman–Crippen MR) is 149 cm³/mol. The van der Waals surface area contributed by atoms with Crippen LogP contribution in [0.3, 0.4) is 0 Å². The van der Waals surface area contributed by atoms with Crippen LogP contribution < -0.4 is 10.6 Å². The third-order valence-corrected chi connectivity index (χ3v) is 7.02. The van der Waals surface area contributed by atoms with E-state index >= 15 is 0 Å². The first kappa shape index (κ1) is 26.3. The van der Waals surface area contributed by atoms with Gasteiger partial charge in [0, 0.05) is 29.3 Å². The number of benzene rings is 2. The van der Waals surface area contributed by atoms with Gasteiger partial charge < -0.3 is 5.32 Å². The smallest absolute Gasteiger partial charge is 0.270 e. The molecule has 0 aliphatic carbocycles. The molecule has 0 radical (unpaired) electrons. The summed E-state index contributed by atoms with van der Waals surface area (Å²) < 4.78 is 1.55. The molecule has 2 aromatic heterocycles. The molecule has 0 aliphatic heterocycles. The van der Waals surface area contributed by atoms with Crippen LogP contribution in [0.4, 0.5) is 5.13 Å². The van der Waals surface area contributed by atoms with Crippen LogP contribution in [-0.4, -0.2) is 32.1 Å². The van der Waals surface area contributed by atoms with Crippen molar-refractivity contribution in [3.63, 3.8) is 0 Å². The fourth-order valence-electron chi connectivity index (χ4n) is 3.83. The van der Waals surface area contributed by atoms with Crippen molar-refractivity contribution >= 4 is 28.3 Å². The fourth-order valence-corrected chi connectivity index (χ4v) is 4.85. The van der Waals surface area contributed by atoms with Gasteiger partial charge in [-0.2, -0.15) is 5.10 Å². The summed E-state index contributed by atoms with van der Waals surface area (Å²) in [6, 6.07) is 21.9. The van der Waals surface area contributed by atoms with Gasteiger partial charge in [0.05, 0.1) is 11.4 Å². The normalized spacial score (nSPS) is 11.8. The number of anilines is 1. The maximum Gasteiger partial charge on any atom is 0.270 e. The molecule has 2 aromatic carbocycles. The molecule has 7 nitrogen and oxygen atoms in total. The van der Waals surface area contributed by atoms with Gasteiger partial charge in [-0.1, -0.05) is 81.4 Å². The van der Waals surface area contributed by atoms with Crippen LogP contribution in [0.2, 0.25) is 0 Å². The van der Waals surface area contributed by atoms with Crippen LogP contribution in [0.1, 0.15) is 61.2 Å². The van der Waals surface area contributed by atoms with Crippen molar-refractivity contribution in [1.82, 2.24) is 20.1 Å². The number of carbonyl (C=O) groups excluding carboxylic acids is 2. The van der Waals surface area contributed by atoms with E-state index in [1.54, 1.807) is 31.6 Å². The van der Waals surface area contributed by atoms with E-state index in [0.717, 1.165) is 21.8 Å². The molecule has 0 atom stereocenters. The van der Waals surface area contributed by atoms with Gasteiger partial charge in [0.15, 0.2) is 5.13 Å². The lowest BCUT2D eigenvalue weighted by atomic mass is 9.92. The molecule has 0 fully saturated rings. The Kier molecular flexibility index (Phi) is 7.32. The molecule has 0 saturated heterocycles. The Balaban J connectivity index is 1.54. The van der Waals surface area contributed by atoms with Crippen molar-refractivity contribution in [2.45, 2.75) is 52.0 Å². The van der Waals surface area contributed by atoms with Gasteiger partial charge in [0.25, 0.3) is 11.8 Å². The van der Waals surface area contributed by atoms with E-state index in [2.05, 4.69) is 27.9 Å². The summed E-state index contributed by atoms with van der Waals surface area (Å²) in [6.07, 6.45) is 0.704. The second-order valence-corrected chi connectivity index (χ2v) is 11.7. The number of nitrogens with one attached hydrogen (secondary N) is 2. The van der Waals surface area contributed by atoms with E-state index in [-0.39, 0.29) is 17.2 Å². The summed E-state index contributed by atoms with van der Waals surface area (Å²) in [4.78, 5) is 32.2. The standard InChI is InChI=1S/C29H33N5O2S/c1-28(2,3)23-18-21(34(6)33-23)25(35)32-29(4,5)26(36)31-27-30-24(20-15-11-8-12-16-20)22(37-27)17-19-13-9-7-10-14-19/h7-16,18H,17H2,1-6H3,(H,32,35)(H,30,31,36). The van der Waals surface area contributed by atoms with Crippen LogP contribution in [0.15, 0.2) is 66.7 Å². The molecule has 8 heteroatoms. The van der Waals surface area contributed by atoms with Gasteiger partial charge >= 0.3 is 0 Å². The molecule has 2 heterocycles. The van der Waals surface area contributed by atoms with Crippen molar-refractivity contribution in [3.8, 4) is 11.3 Å². The number of aryl methyl sites for hydroxylation is 1. The van der Waals surface area contributed by atoms with Crippen LogP contribution in [0.25, 0.3) is 11.3 Å². The van der Waals surface area contributed by atoms with Crippen LogP contribution >= 0.6 is 11.3 Å². The highest BCUT2D eigenvalue weighted by Crippen LogP contribution is 2.33. The highest BCUT2D eigenvalue weighted by Gasteiger charge is 2.32. The summed E-state index contributed by atoms with van der Waals surface area (Å²) in [5, 5.41) is 10.7. The molecule has 0 saturated carbocycles. The zero-order chi connectivity index (χ0) is 26.8. The first-order valence-electron chi connectivity index (χ1n) is 12.2. The Morgan fingerprint density at radius 2 is 1.57 bits per heavy atom. The average molecular weight is 516 g/mol. The zero-order valence-electron chi connectivity index (χ0n) is 22.1. The molecular weight excluding hydrogens is 482 g/mol. The second kappa shape index (κ2) is 10.3. The Labute approximate surface area is 222 Å². The van der Waals surface area contributed by atoms with Gasteiger partial charge in [-0.25, -0.2) is 4.98 Å². The maximum absolute atomic E-state index is 13.3. The summed E-state index contributed by atoms with van der Waals surface area (Å²) in [5.41, 5.74) is 2.84. The third kappa shape index (κ3) is 6.14. The molecule has 192 valence electrons. The summed E-state index contributed by atoms with van der Waals surface area (Å²) >= 11 is 1.45. The monoisotopic (exact) mass is 515 g/mol. The number of amides is 2. The average Bonchev–Trinajstić information content (AvgIpc) is 3.43. The fraction of sp³-hybridized carbons (Fsp3) is 0.310. The lowest BCUT2D eigenvalue weighted by molar-refractivity contribution is -0.120. The molecule has 2 amide bonds. The highest BCUT2D eigenvalue weighted by atomic mass is 32.1. The second-order valence-electron chi connectivity index (χ2n) is 10.6. The number of hydrogen-bond donors (Lipinski definition) is 2. The summed E-state index contributed by atoms with van der Waals surface area (Å²) in [7, 11) is 1.73. The van der Waals surface area contributed by atoms with Crippen LogP contribution in [-0.2, 0) is 23.7 Å². The van der Waals surface area contributed by atoms with Crippen LogP contribution in [0, 0.1) is 0 Å². The molecule has 4 rings (SSSR count). The van der Waals surface area contributed by atoms with Crippen molar-refractivity contribution in [2.24, 2.45) is 7.05 Å². The molecular formula is C29H33N5O2S. The molecule has 0 aliphatic rings. The Morgan fingerprint density at radius 3 is 2.16 bits per heavy atom. The molecule has 0 spiro atoms. The van der Waals surface area contributed by atoms with Crippen LogP contribution in [0.5, 0.6) is 0 Å². The van der Waals surface area contributed by atoms with E-state index in [4.69, 9.17) is 4.98 Å². The topological polar surface area (TPSA) is 88.9 Å².